The maximum Gasteiger partial charge on any atom is 0.261 e. The summed E-state index contributed by atoms with van der Waals surface area (Å²) in [5, 5.41) is 7.59. The molecule has 0 saturated heterocycles. The number of nitrogens with zero attached hydrogens (tertiary/aromatic N) is 3. The number of amides is 2. The van der Waals surface area contributed by atoms with Crippen molar-refractivity contribution < 1.29 is 14.3 Å². The number of benzene rings is 2. The zero-order valence-corrected chi connectivity index (χ0v) is 17.0. The van der Waals surface area contributed by atoms with Crippen molar-refractivity contribution in [1.29, 1.82) is 0 Å². The lowest BCUT2D eigenvalue weighted by Crippen LogP contribution is -2.31. The fourth-order valence-electron chi connectivity index (χ4n) is 3.09. The Balaban J connectivity index is 1.30. The second-order valence-electron chi connectivity index (χ2n) is 6.78. The minimum Gasteiger partial charge on any atom is -0.485 e. The summed E-state index contributed by atoms with van der Waals surface area (Å²) in [5.41, 5.74) is 3.12. The first-order chi connectivity index (χ1) is 14.0. The van der Waals surface area contributed by atoms with Gasteiger partial charge in [-0.05, 0) is 43.2 Å². The highest BCUT2D eigenvalue weighted by Crippen LogP contribution is 2.24. The van der Waals surface area contributed by atoms with Gasteiger partial charge in [0.15, 0.2) is 5.82 Å². The molecule has 0 fully saturated rings. The summed E-state index contributed by atoms with van der Waals surface area (Å²) in [6.07, 6.45) is 0. The molecule has 7 nitrogen and oxygen atoms in total. The molecular weight excluding hydrogens is 388 g/mol. The van der Waals surface area contributed by atoms with E-state index in [1.165, 1.54) is 16.7 Å². The van der Waals surface area contributed by atoms with Gasteiger partial charge in [-0.1, -0.05) is 36.0 Å². The van der Waals surface area contributed by atoms with E-state index in [0.717, 1.165) is 16.9 Å². The fraction of sp³-hybridized carbons (Fsp3) is 0.238. The quantitative estimate of drug-likeness (QED) is 0.476. The van der Waals surface area contributed by atoms with Crippen molar-refractivity contribution in [2.45, 2.75) is 25.6 Å². The number of hydrogen-bond donors (Lipinski definition) is 1. The molecule has 1 N–H and O–H groups in total. The molecule has 0 aliphatic carbocycles. The minimum atomic E-state index is -0.246. The Bertz CT molecular complexity index is 1040. The Morgan fingerprint density at radius 2 is 1.79 bits per heavy atom. The summed E-state index contributed by atoms with van der Waals surface area (Å²) in [4.78, 5) is 30.4. The molecule has 2 amide bonds. The van der Waals surface area contributed by atoms with Gasteiger partial charge in [-0.15, -0.1) is 5.10 Å². The Hall–Kier alpha value is -3.13. The van der Waals surface area contributed by atoms with E-state index in [-0.39, 0.29) is 18.4 Å². The minimum absolute atomic E-state index is 0.246. The Kier molecular flexibility index (Phi) is 5.35. The van der Waals surface area contributed by atoms with Crippen LogP contribution in [0.1, 0.15) is 37.7 Å². The standard InChI is InChI=1S/C21H20N4O3S/c1-13-7-8-14(2)17(11-13)28-12-18-22-21(24-23-18)29-10-9-25-19(26)15-5-3-4-6-16(15)20(25)27/h3-8,11H,9-10,12H2,1-2H3,(H,22,23,24). The molecule has 0 atom stereocenters. The molecule has 0 spiro atoms. The van der Waals surface area contributed by atoms with Crippen LogP contribution in [0.5, 0.6) is 5.75 Å². The zero-order chi connectivity index (χ0) is 20.4. The molecule has 0 unspecified atom stereocenters. The first-order valence-electron chi connectivity index (χ1n) is 9.22. The zero-order valence-electron chi connectivity index (χ0n) is 16.1. The van der Waals surface area contributed by atoms with Gasteiger partial charge >= 0.3 is 0 Å². The highest BCUT2D eigenvalue weighted by molar-refractivity contribution is 7.99. The average Bonchev–Trinajstić information content (AvgIpc) is 3.27. The number of thioether (sulfide) groups is 1. The monoisotopic (exact) mass is 408 g/mol. The SMILES string of the molecule is Cc1ccc(C)c(OCc2nc(SCCN3C(=O)c4ccccc4C3=O)n[nH]2)c1. The maximum absolute atomic E-state index is 12.4. The summed E-state index contributed by atoms with van der Waals surface area (Å²) in [5.74, 6) is 1.46. The van der Waals surface area contributed by atoms with E-state index >= 15 is 0 Å². The number of aromatic amines is 1. The van der Waals surface area contributed by atoms with E-state index in [9.17, 15) is 9.59 Å². The fourth-order valence-corrected chi connectivity index (χ4v) is 3.83. The van der Waals surface area contributed by atoms with Gasteiger partial charge in [0.1, 0.15) is 12.4 Å². The van der Waals surface area contributed by atoms with Crippen LogP contribution in [0.2, 0.25) is 0 Å². The van der Waals surface area contributed by atoms with E-state index in [2.05, 4.69) is 15.2 Å². The first-order valence-corrected chi connectivity index (χ1v) is 10.2. The van der Waals surface area contributed by atoms with Gasteiger partial charge in [0.25, 0.3) is 11.8 Å². The molecule has 1 aromatic heterocycles. The van der Waals surface area contributed by atoms with E-state index in [0.29, 0.717) is 34.4 Å². The van der Waals surface area contributed by atoms with Crippen LogP contribution in [0.4, 0.5) is 0 Å². The first kappa shape index (κ1) is 19.2. The van der Waals surface area contributed by atoms with Crippen molar-refractivity contribution in [3.05, 3.63) is 70.5 Å². The number of fused-ring (bicyclic) bond motifs is 1. The second-order valence-corrected chi connectivity index (χ2v) is 7.84. The van der Waals surface area contributed by atoms with Crippen LogP contribution >= 0.6 is 11.8 Å². The van der Waals surface area contributed by atoms with Gasteiger partial charge < -0.3 is 4.74 Å². The van der Waals surface area contributed by atoms with Gasteiger partial charge in [0.05, 0.1) is 11.1 Å². The number of H-pyrrole nitrogens is 1. The molecule has 29 heavy (non-hydrogen) atoms. The largest absolute Gasteiger partial charge is 0.485 e. The average molecular weight is 408 g/mol. The number of aromatic nitrogens is 3. The number of imide groups is 1. The van der Waals surface area contributed by atoms with Crippen LogP contribution in [0.25, 0.3) is 0 Å². The molecule has 1 aliphatic heterocycles. The highest BCUT2D eigenvalue weighted by atomic mass is 32.2. The Morgan fingerprint density at radius 1 is 1.07 bits per heavy atom. The van der Waals surface area contributed by atoms with Crippen molar-refractivity contribution in [3.63, 3.8) is 0 Å². The van der Waals surface area contributed by atoms with E-state index in [1.807, 2.05) is 32.0 Å². The molecule has 2 heterocycles. The molecular formula is C21H20N4O3S. The summed E-state index contributed by atoms with van der Waals surface area (Å²) in [6.45, 7) is 4.61. The number of carbonyl (C=O) groups is 2. The number of rotatable bonds is 7. The number of hydrogen-bond acceptors (Lipinski definition) is 6. The van der Waals surface area contributed by atoms with Gasteiger partial charge in [0, 0.05) is 12.3 Å². The smallest absolute Gasteiger partial charge is 0.261 e. The third-order valence-electron chi connectivity index (χ3n) is 4.64. The summed E-state index contributed by atoms with van der Waals surface area (Å²) < 4.78 is 5.83. The van der Waals surface area contributed by atoms with Gasteiger partial charge in [-0.2, -0.15) is 0 Å². The third kappa shape index (κ3) is 4.02. The number of ether oxygens (including phenoxy) is 1. The molecule has 148 valence electrons. The number of carbonyl (C=O) groups excluding carboxylic acids is 2. The molecule has 0 bridgehead atoms. The van der Waals surface area contributed by atoms with Gasteiger partial charge in [-0.25, -0.2) is 4.98 Å². The summed E-state index contributed by atoms with van der Waals surface area (Å²) >= 11 is 1.38. The van der Waals surface area contributed by atoms with E-state index < -0.39 is 0 Å². The van der Waals surface area contributed by atoms with Gasteiger partial charge in [0.2, 0.25) is 5.16 Å². The van der Waals surface area contributed by atoms with Crippen molar-refractivity contribution in [2.24, 2.45) is 0 Å². The lowest BCUT2D eigenvalue weighted by atomic mass is 10.1. The summed E-state index contributed by atoms with van der Waals surface area (Å²) in [6, 6.07) is 12.9. The van der Waals surface area contributed by atoms with Crippen molar-refractivity contribution in [1.82, 2.24) is 20.1 Å². The topological polar surface area (TPSA) is 88.2 Å². The van der Waals surface area contributed by atoms with Crippen LogP contribution < -0.4 is 4.74 Å². The van der Waals surface area contributed by atoms with Crippen LogP contribution in [0.3, 0.4) is 0 Å². The molecule has 2 aromatic carbocycles. The normalized spacial score (nSPS) is 13.1. The Labute approximate surface area is 172 Å². The van der Waals surface area contributed by atoms with Crippen molar-refractivity contribution in [3.8, 4) is 5.75 Å². The van der Waals surface area contributed by atoms with Crippen LogP contribution in [-0.4, -0.2) is 44.2 Å². The molecule has 1 aliphatic rings. The second kappa shape index (κ2) is 8.08. The molecule has 8 heteroatoms. The lowest BCUT2D eigenvalue weighted by molar-refractivity contribution is 0.0664. The predicted molar refractivity (Wildman–Crippen MR) is 109 cm³/mol. The number of nitrogens with one attached hydrogen (secondary N) is 1. The van der Waals surface area contributed by atoms with Crippen LogP contribution in [0, 0.1) is 13.8 Å². The summed E-state index contributed by atoms with van der Waals surface area (Å²) in [7, 11) is 0. The third-order valence-corrected chi connectivity index (χ3v) is 5.47. The van der Waals surface area contributed by atoms with E-state index in [4.69, 9.17) is 4.74 Å². The molecule has 4 rings (SSSR count). The highest BCUT2D eigenvalue weighted by Gasteiger charge is 2.34. The number of aryl methyl sites for hydroxylation is 2. The van der Waals surface area contributed by atoms with E-state index in [1.54, 1.807) is 24.3 Å². The predicted octanol–water partition coefficient (Wildman–Crippen LogP) is 3.39. The molecule has 0 radical (unpaired) electrons. The molecule has 0 saturated carbocycles. The van der Waals surface area contributed by atoms with Crippen molar-refractivity contribution in [2.75, 3.05) is 12.3 Å². The van der Waals surface area contributed by atoms with Crippen LogP contribution in [-0.2, 0) is 6.61 Å². The van der Waals surface area contributed by atoms with Crippen LogP contribution in [0.15, 0.2) is 47.6 Å². The lowest BCUT2D eigenvalue weighted by Gasteiger charge is -2.12. The Morgan fingerprint density at radius 3 is 2.52 bits per heavy atom. The maximum atomic E-state index is 12.4. The van der Waals surface area contributed by atoms with Crippen molar-refractivity contribution >= 4 is 23.6 Å². The molecule has 3 aromatic rings. The van der Waals surface area contributed by atoms with Gasteiger partial charge in [-0.3, -0.25) is 19.6 Å².